The lowest BCUT2D eigenvalue weighted by Crippen LogP contribution is -2.33. The summed E-state index contributed by atoms with van der Waals surface area (Å²) in [6, 6.07) is 28.5. The SMILES string of the molecule is O=C(O)c1cc(C(=O)O)c(C(=O)Cc2ccc(Oc3ccc(CC(=O)C4C5C=CC(C5)C4C(=O)O)cc3)cc2)cc1C(=O)Cc1ccc(Oc2ccc(CC(=O)C3C4C=CC(C4)C3C(=O)O)cc2)cc1. The van der Waals surface area contributed by atoms with Gasteiger partial charge in [0, 0.05) is 48.6 Å². The van der Waals surface area contributed by atoms with Crippen LogP contribution in [0.4, 0.5) is 0 Å². The Morgan fingerprint density at radius 1 is 0.371 bits per heavy atom. The maximum Gasteiger partial charge on any atom is 0.336 e. The lowest BCUT2D eigenvalue weighted by atomic mass is 9.79. The molecule has 8 atom stereocenters. The van der Waals surface area contributed by atoms with Gasteiger partial charge in [-0.1, -0.05) is 72.8 Å². The standard InChI is InChI=1S/C56H46O14/c57-45(21-29-1-13-37(14-2-29)69-39-17-5-31(6-18-39)23-47(59)49-33-9-11-35(25-33)51(49)55(65)66)41-27-42(44(54(63)64)28-43(41)53(61)62)46(58)22-30-3-15-38(16-4-30)70-40-19-7-32(8-20-40)24-48(60)50-34-10-12-36(26-34)52(50)56(67)68/h1-20,27-28,33-36,49-52H,21-26H2,(H,61,62)(H,63,64)(H,65,66)(H,67,68). The number of carbonyl (C=O) groups excluding carboxylic acids is 4. The highest BCUT2D eigenvalue weighted by Crippen LogP contribution is 2.50. The number of carbonyl (C=O) groups is 8. The van der Waals surface area contributed by atoms with Crippen LogP contribution in [0.5, 0.6) is 23.0 Å². The van der Waals surface area contributed by atoms with E-state index in [-0.39, 0.29) is 72.0 Å². The van der Waals surface area contributed by atoms with E-state index in [4.69, 9.17) is 9.47 Å². The summed E-state index contributed by atoms with van der Waals surface area (Å²) in [5.74, 6) is -7.57. The Hall–Kier alpha value is -8.26. The molecular weight excluding hydrogens is 897 g/mol. The predicted molar refractivity (Wildman–Crippen MR) is 250 cm³/mol. The molecule has 0 radical (unpaired) electrons. The molecule has 0 saturated heterocycles. The van der Waals surface area contributed by atoms with E-state index < -0.39 is 70.2 Å². The number of ether oxygens (including phenoxy) is 2. The van der Waals surface area contributed by atoms with Crippen LogP contribution in [0.25, 0.3) is 0 Å². The minimum atomic E-state index is -1.54. The molecule has 2 fully saturated rings. The maximum atomic E-state index is 13.7. The highest BCUT2D eigenvalue weighted by Gasteiger charge is 2.52. The molecule has 0 spiro atoms. The van der Waals surface area contributed by atoms with Gasteiger partial charge < -0.3 is 29.9 Å². The number of carboxylic acids is 4. The lowest BCUT2D eigenvalue weighted by molar-refractivity contribution is -0.147. The number of Topliss-reactive ketones (excluding diaryl/α,β-unsaturated/α-hetero) is 4. The van der Waals surface area contributed by atoms with Crippen molar-refractivity contribution in [2.45, 2.75) is 38.5 Å². The molecule has 5 aromatic carbocycles. The summed E-state index contributed by atoms with van der Waals surface area (Å²) in [6.07, 6.45) is 8.72. The van der Waals surface area contributed by atoms with Crippen LogP contribution in [-0.4, -0.2) is 67.4 Å². The topological polar surface area (TPSA) is 236 Å². The van der Waals surface area contributed by atoms with Gasteiger partial charge in [-0.3, -0.25) is 28.8 Å². The Morgan fingerprint density at radius 3 is 0.929 bits per heavy atom. The molecule has 70 heavy (non-hydrogen) atoms. The Labute approximate surface area is 400 Å². The van der Waals surface area contributed by atoms with E-state index in [1.54, 1.807) is 97.1 Å². The van der Waals surface area contributed by atoms with Gasteiger partial charge in [0.2, 0.25) is 0 Å². The summed E-state index contributed by atoms with van der Waals surface area (Å²) in [5.41, 5.74) is 0.624. The van der Waals surface area contributed by atoms with Gasteiger partial charge in [0.15, 0.2) is 11.6 Å². The fraction of sp³-hybridized carbons (Fsp3) is 0.250. The molecule has 2 saturated carbocycles. The first kappa shape index (κ1) is 46.8. The smallest absolute Gasteiger partial charge is 0.336 e. The van der Waals surface area contributed by atoms with Crippen molar-refractivity contribution in [3.8, 4) is 23.0 Å². The second kappa shape index (κ2) is 19.4. The Balaban J connectivity index is 0.807. The second-order valence-corrected chi connectivity index (χ2v) is 18.5. The van der Waals surface area contributed by atoms with Gasteiger partial charge >= 0.3 is 23.9 Å². The normalized spacial score (nSPS) is 22.4. The summed E-state index contributed by atoms with van der Waals surface area (Å²) in [4.78, 5) is 102. The molecule has 8 unspecified atom stereocenters. The summed E-state index contributed by atoms with van der Waals surface area (Å²) in [6.45, 7) is 0. The van der Waals surface area contributed by atoms with E-state index in [0.717, 1.165) is 23.3 Å². The van der Waals surface area contributed by atoms with Crippen molar-refractivity contribution < 1.29 is 68.3 Å². The highest BCUT2D eigenvalue weighted by molar-refractivity contribution is 6.13. The lowest BCUT2D eigenvalue weighted by Gasteiger charge is -2.23. The third-order valence-electron chi connectivity index (χ3n) is 14.1. The van der Waals surface area contributed by atoms with E-state index in [0.29, 0.717) is 47.0 Å². The monoisotopic (exact) mass is 942 g/mol. The van der Waals surface area contributed by atoms with Crippen molar-refractivity contribution in [2.24, 2.45) is 47.3 Å². The van der Waals surface area contributed by atoms with Crippen LogP contribution in [0.1, 0.15) is 76.5 Å². The van der Waals surface area contributed by atoms with Gasteiger partial charge in [-0.25, -0.2) is 9.59 Å². The molecule has 4 bridgehead atoms. The zero-order valence-electron chi connectivity index (χ0n) is 37.4. The van der Waals surface area contributed by atoms with Crippen molar-refractivity contribution in [3.05, 3.63) is 178 Å². The number of hydrogen-bond acceptors (Lipinski definition) is 10. The third kappa shape index (κ3) is 9.70. The molecule has 4 aliphatic rings. The summed E-state index contributed by atoms with van der Waals surface area (Å²) in [7, 11) is 0. The molecule has 5 aromatic rings. The van der Waals surface area contributed by atoms with Crippen LogP contribution < -0.4 is 9.47 Å². The molecule has 14 heteroatoms. The molecule has 4 N–H and O–H groups in total. The van der Waals surface area contributed by atoms with E-state index in [1.165, 1.54) is 0 Å². The Morgan fingerprint density at radius 2 is 0.643 bits per heavy atom. The number of carboxylic acid groups (broad SMARTS) is 4. The fourth-order valence-corrected chi connectivity index (χ4v) is 10.8. The predicted octanol–water partition coefficient (Wildman–Crippen LogP) is 8.79. The number of fused-ring (bicyclic) bond motifs is 4. The first-order chi connectivity index (χ1) is 33.6. The number of hydrogen-bond donors (Lipinski definition) is 4. The van der Waals surface area contributed by atoms with Gasteiger partial charge in [0.25, 0.3) is 0 Å². The van der Waals surface area contributed by atoms with Crippen molar-refractivity contribution in [3.63, 3.8) is 0 Å². The molecule has 354 valence electrons. The second-order valence-electron chi connectivity index (χ2n) is 18.5. The molecular formula is C56H46O14. The van der Waals surface area contributed by atoms with E-state index >= 15 is 0 Å². The summed E-state index contributed by atoms with van der Waals surface area (Å²) >= 11 is 0. The van der Waals surface area contributed by atoms with Crippen LogP contribution in [0.3, 0.4) is 0 Å². The van der Waals surface area contributed by atoms with Crippen LogP contribution >= 0.6 is 0 Å². The van der Waals surface area contributed by atoms with E-state index in [2.05, 4.69) is 0 Å². The van der Waals surface area contributed by atoms with Crippen LogP contribution in [0.2, 0.25) is 0 Å². The van der Waals surface area contributed by atoms with Crippen molar-refractivity contribution in [1.82, 2.24) is 0 Å². The molecule has 0 aliphatic heterocycles. The Kier molecular flexibility index (Phi) is 13.0. The Bertz CT molecular complexity index is 2800. The van der Waals surface area contributed by atoms with Crippen LogP contribution in [0, 0.1) is 47.3 Å². The largest absolute Gasteiger partial charge is 0.481 e. The van der Waals surface area contributed by atoms with Gasteiger partial charge in [-0.05, 0) is 119 Å². The molecule has 0 amide bonds. The van der Waals surface area contributed by atoms with Crippen molar-refractivity contribution >= 4 is 47.0 Å². The quantitative estimate of drug-likeness (QED) is 0.0422. The molecule has 0 aromatic heterocycles. The van der Waals surface area contributed by atoms with E-state index in [9.17, 15) is 58.8 Å². The van der Waals surface area contributed by atoms with Gasteiger partial charge in [0.05, 0.1) is 23.0 Å². The molecule has 4 aliphatic carbocycles. The number of ketones is 4. The van der Waals surface area contributed by atoms with Crippen LogP contribution in [-0.2, 0) is 44.9 Å². The molecule has 0 heterocycles. The number of aromatic carboxylic acids is 2. The third-order valence-corrected chi connectivity index (χ3v) is 14.1. The average Bonchev–Trinajstić information content (AvgIpc) is 4.17. The molecule has 14 nitrogen and oxygen atoms in total. The highest BCUT2D eigenvalue weighted by atomic mass is 16.5. The average molecular weight is 943 g/mol. The zero-order chi connectivity index (χ0) is 49.4. The number of aliphatic carboxylic acids is 2. The van der Waals surface area contributed by atoms with Crippen molar-refractivity contribution in [1.29, 1.82) is 0 Å². The first-order valence-corrected chi connectivity index (χ1v) is 22.9. The minimum Gasteiger partial charge on any atom is -0.481 e. The van der Waals surface area contributed by atoms with Gasteiger partial charge in [0.1, 0.15) is 34.6 Å². The van der Waals surface area contributed by atoms with Crippen molar-refractivity contribution in [2.75, 3.05) is 0 Å². The van der Waals surface area contributed by atoms with Gasteiger partial charge in [-0.2, -0.15) is 0 Å². The first-order valence-electron chi connectivity index (χ1n) is 22.9. The zero-order valence-corrected chi connectivity index (χ0v) is 37.4. The summed E-state index contributed by atoms with van der Waals surface area (Å²) < 4.78 is 11.9. The summed E-state index contributed by atoms with van der Waals surface area (Å²) in [5, 5.41) is 39.5. The minimum absolute atomic E-state index is 0.0532. The molecule has 9 rings (SSSR count). The number of allylic oxidation sites excluding steroid dienone is 4. The fourth-order valence-electron chi connectivity index (χ4n) is 10.8. The maximum absolute atomic E-state index is 13.7. The van der Waals surface area contributed by atoms with Gasteiger partial charge in [-0.15, -0.1) is 0 Å². The number of rotatable bonds is 20. The number of benzene rings is 5. The van der Waals surface area contributed by atoms with Crippen LogP contribution in [0.15, 0.2) is 133 Å². The van der Waals surface area contributed by atoms with E-state index in [1.807, 2.05) is 24.3 Å².